The molecule has 2 atom stereocenters. The van der Waals surface area contributed by atoms with Crippen LogP contribution in [0.3, 0.4) is 0 Å². The van der Waals surface area contributed by atoms with Crippen LogP contribution >= 0.6 is 7.82 Å². The topological polar surface area (TPSA) is 169 Å². The molecule has 32 heavy (non-hydrogen) atoms. The highest BCUT2D eigenvalue weighted by Crippen LogP contribution is 2.39. The van der Waals surface area contributed by atoms with E-state index in [9.17, 15) is 28.6 Å². The summed E-state index contributed by atoms with van der Waals surface area (Å²) < 4.78 is 31.9. The molecule has 184 valence electrons. The summed E-state index contributed by atoms with van der Waals surface area (Å²) >= 11 is 0. The van der Waals surface area contributed by atoms with E-state index in [-0.39, 0.29) is 18.7 Å². The third-order valence-electron chi connectivity index (χ3n) is 3.40. The molecule has 13 nitrogen and oxygen atoms in total. The first-order chi connectivity index (χ1) is 14.6. The molecule has 0 spiro atoms. The van der Waals surface area contributed by atoms with Crippen molar-refractivity contribution in [1.29, 1.82) is 0 Å². The van der Waals surface area contributed by atoms with Crippen LogP contribution in [0.2, 0.25) is 0 Å². The van der Waals surface area contributed by atoms with E-state index in [0.29, 0.717) is 11.0 Å². The van der Waals surface area contributed by atoms with Crippen LogP contribution in [-0.2, 0) is 42.3 Å². The molecule has 0 aromatic rings. The van der Waals surface area contributed by atoms with Crippen molar-refractivity contribution < 1.29 is 51.6 Å². The van der Waals surface area contributed by atoms with Gasteiger partial charge in [0.15, 0.2) is 0 Å². The van der Waals surface area contributed by atoms with Gasteiger partial charge in [0.1, 0.15) is 39.0 Å². The average Bonchev–Trinajstić information content (AvgIpc) is 2.64. The largest absolute Gasteiger partial charge is 0.756 e. The maximum atomic E-state index is 12.1. The molecule has 0 aliphatic carbocycles. The molecule has 14 heteroatoms. The summed E-state index contributed by atoms with van der Waals surface area (Å²) in [6, 6.07) is 0. The number of nitrogens with one attached hydrogen (secondary N) is 2. The van der Waals surface area contributed by atoms with E-state index >= 15 is 0 Å². The molecular weight excluding hydrogens is 449 g/mol. The molecule has 0 heterocycles. The average molecular weight is 481 g/mol. The molecule has 0 aliphatic heterocycles. The number of carbonyl (C=O) groups excluding carboxylic acids is 4. The summed E-state index contributed by atoms with van der Waals surface area (Å²) in [5.41, 5.74) is 0.0760. The Balaban J connectivity index is 4.77. The highest BCUT2D eigenvalue weighted by atomic mass is 31.2. The van der Waals surface area contributed by atoms with Gasteiger partial charge in [0, 0.05) is 12.5 Å². The van der Waals surface area contributed by atoms with E-state index in [0.717, 1.165) is 0 Å². The number of phosphoric ester groups is 1. The minimum absolute atomic E-state index is 0.0760. The number of quaternary nitrogens is 1. The van der Waals surface area contributed by atoms with E-state index in [4.69, 9.17) is 18.5 Å². The van der Waals surface area contributed by atoms with Crippen LogP contribution in [0.4, 0.5) is 0 Å². The number of rotatable bonds is 15. The van der Waals surface area contributed by atoms with Gasteiger partial charge in [0.2, 0.25) is 11.8 Å². The number of carbonyl (C=O) groups is 4. The Morgan fingerprint density at radius 2 is 1.62 bits per heavy atom. The smallest absolute Gasteiger partial charge is 0.333 e. The van der Waals surface area contributed by atoms with Crippen LogP contribution in [0, 0.1) is 0 Å². The Morgan fingerprint density at radius 3 is 2.16 bits per heavy atom. The minimum Gasteiger partial charge on any atom is -0.756 e. The predicted octanol–water partition coefficient (Wildman–Crippen LogP) is -1.52. The lowest BCUT2D eigenvalue weighted by molar-refractivity contribution is -0.870. The lowest BCUT2D eigenvalue weighted by Crippen LogP contribution is -2.39. The van der Waals surface area contributed by atoms with Gasteiger partial charge >= 0.3 is 11.9 Å². The van der Waals surface area contributed by atoms with E-state index in [1.807, 2.05) is 21.1 Å². The van der Waals surface area contributed by atoms with Gasteiger partial charge in [-0.3, -0.25) is 18.9 Å². The summed E-state index contributed by atoms with van der Waals surface area (Å²) in [6.07, 6.45) is -1.38. The van der Waals surface area contributed by atoms with Gasteiger partial charge < -0.3 is 38.5 Å². The Kier molecular flexibility index (Phi) is 13.0. The Morgan fingerprint density at radius 1 is 1.03 bits per heavy atom. The van der Waals surface area contributed by atoms with Gasteiger partial charge in [-0.25, -0.2) is 4.79 Å². The fourth-order valence-corrected chi connectivity index (χ4v) is 2.57. The molecule has 2 N–H and O–H groups in total. The van der Waals surface area contributed by atoms with Crippen molar-refractivity contribution in [2.75, 3.05) is 60.6 Å². The van der Waals surface area contributed by atoms with Crippen LogP contribution in [0.15, 0.2) is 12.2 Å². The number of hydrogen-bond donors (Lipinski definition) is 2. The van der Waals surface area contributed by atoms with Crippen LogP contribution in [-0.4, -0.2) is 94.9 Å². The first-order valence-corrected chi connectivity index (χ1v) is 11.0. The van der Waals surface area contributed by atoms with Crippen molar-refractivity contribution in [1.82, 2.24) is 10.6 Å². The third kappa shape index (κ3) is 16.4. The molecule has 0 aromatic carbocycles. The molecule has 2 amide bonds. The van der Waals surface area contributed by atoms with Gasteiger partial charge in [-0.1, -0.05) is 6.58 Å². The molecular formula is C18H32N3O10P. The predicted molar refractivity (Wildman–Crippen MR) is 110 cm³/mol. The fourth-order valence-electron chi connectivity index (χ4n) is 1.72. The number of amides is 2. The van der Waals surface area contributed by atoms with Crippen LogP contribution in [0.25, 0.3) is 0 Å². The van der Waals surface area contributed by atoms with Gasteiger partial charge in [-0.15, -0.1) is 0 Å². The maximum Gasteiger partial charge on any atom is 0.333 e. The highest BCUT2D eigenvalue weighted by molar-refractivity contribution is 7.45. The zero-order chi connectivity index (χ0) is 24.9. The van der Waals surface area contributed by atoms with E-state index in [1.165, 1.54) is 13.8 Å². The molecule has 0 saturated heterocycles. The summed E-state index contributed by atoms with van der Waals surface area (Å²) in [7, 11) is 0.722. The summed E-state index contributed by atoms with van der Waals surface area (Å²) in [5, 5.41) is 4.46. The Bertz CT molecular complexity index is 735. The summed E-state index contributed by atoms with van der Waals surface area (Å²) in [5.74, 6) is -2.75. The number of phosphoric acid groups is 1. The van der Waals surface area contributed by atoms with Crippen LogP contribution in [0.1, 0.15) is 13.8 Å². The first-order valence-electron chi connectivity index (χ1n) is 9.55. The second-order valence-corrected chi connectivity index (χ2v) is 9.13. The van der Waals surface area contributed by atoms with Crippen molar-refractivity contribution in [2.24, 2.45) is 0 Å². The fraction of sp³-hybridized carbons (Fsp3) is 0.667. The monoisotopic (exact) mass is 481 g/mol. The second kappa shape index (κ2) is 14.0. The molecule has 0 bridgehead atoms. The minimum atomic E-state index is -4.80. The van der Waals surface area contributed by atoms with Gasteiger partial charge in [-0.2, -0.15) is 0 Å². The molecule has 0 radical (unpaired) electrons. The van der Waals surface area contributed by atoms with Gasteiger partial charge in [-0.05, 0) is 6.92 Å². The van der Waals surface area contributed by atoms with Crippen LogP contribution in [0.5, 0.6) is 0 Å². The van der Waals surface area contributed by atoms with Crippen molar-refractivity contribution in [3.8, 4) is 0 Å². The number of hydrogen-bond acceptors (Lipinski definition) is 10. The van der Waals surface area contributed by atoms with Crippen molar-refractivity contribution in [3.63, 3.8) is 0 Å². The first kappa shape index (κ1) is 29.7. The quantitative estimate of drug-likeness (QED) is 0.121. The zero-order valence-electron chi connectivity index (χ0n) is 19.0. The third-order valence-corrected chi connectivity index (χ3v) is 4.45. The second-order valence-electron chi connectivity index (χ2n) is 7.77. The molecule has 0 aliphatic rings. The normalized spacial score (nSPS) is 13.9. The van der Waals surface area contributed by atoms with E-state index in [1.54, 1.807) is 0 Å². The summed E-state index contributed by atoms with van der Waals surface area (Å²) in [4.78, 5) is 57.7. The van der Waals surface area contributed by atoms with E-state index in [2.05, 4.69) is 17.2 Å². The van der Waals surface area contributed by atoms with Crippen molar-refractivity contribution >= 4 is 31.6 Å². The van der Waals surface area contributed by atoms with Gasteiger partial charge in [0.05, 0.1) is 27.7 Å². The number of likely N-dealkylation sites (N-methyl/N-ethyl adjacent to an activating group) is 1. The SMILES string of the molecule is C=C(C)C(=O)OCC(COC(=O)CNC(=O)CNC(C)=O)OP(=O)([O-])OCC[N+](C)(C)C. The molecule has 0 saturated carbocycles. The molecule has 0 rings (SSSR count). The van der Waals surface area contributed by atoms with E-state index < -0.39 is 57.4 Å². The Hall–Kier alpha value is -2.31. The standard InChI is InChI=1S/C18H32N3O10P/c1-13(2)18(25)29-12-15(31-32(26,27)30-8-7-21(4,5)6)11-28-17(24)10-20-16(23)9-19-14(3)22/h15H,1,7-12H2,2-6H3,(H2-,19,20,22,23,26,27). The van der Waals surface area contributed by atoms with Crippen molar-refractivity contribution in [3.05, 3.63) is 12.2 Å². The molecule has 2 unspecified atom stereocenters. The lowest BCUT2D eigenvalue weighted by Gasteiger charge is -2.29. The number of nitrogens with zero attached hydrogens (tertiary/aromatic N) is 1. The maximum absolute atomic E-state index is 12.1. The lowest BCUT2D eigenvalue weighted by atomic mass is 10.3. The van der Waals surface area contributed by atoms with Crippen molar-refractivity contribution in [2.45, 2.75) is 20.0 Å². The molecule has 0 fully saturated rings. The number of ether oxygens (including phenoxy) is 2. The van der Waals surface area contributed by atoms with Gasteiger partial charge in [0.25, 0.3) is 7.82 Å². The Labute approximate surface area is 187 Å². The highest BCUT2D eigenvalue weighted by Gasteiger charge is 2.23. The molecule has 0 aromatic heterocycles. The summed E-state index contributed by atoms with van der Waals surface area (Å²) in [6.45, 7) is 4.23. The van der Waals surface area contributed by atoms with Crippen LogP contribution < -0.4 is 15.5 Å². The number of esters is 2. The zero-order valence-corrected chi connectivity index (χ0v) is 19.9.